The van der Waals surface area contributed by atoms with Crippen molar-refractivity contribution in [1.29, 1.82) is 0 Å². The largest absolute Gasteiger partial charge is 0.415 e. The Hall–Kier alpha value is -3.81. The summed E-state index contributed by atoms with van der Waals surface area (Å²) in [5, 5.41) is 23.6. The number of carbonyl (C=O) groups is 2. The van der Waals surface area contributed by atoms with Gasteiger partial charge in [0, 0.05) is 26.1 Å². The molecule has 5 rings (SSSR count). The van der Waals surface area contributed by atoms with E-state index in [2.05, 4.69) is 20.3 Å². The molecule has 208 valence electrons. The highest BCUT2D eigenvalue weighted by molar-refractivity contribution is 5.83. The van der Waals surface area contributed by atoms with Crippen molar-refractivity contribution in [2.24, 2.45) is 5.92 Å². The fourth-order valence-electron chi connectivity index (χ4n) is 4.99. The fourth-order valence-corrected chi connectivity index (χ4v) is 4.99. The number of aliphatic hydroxyl groups is 2. The van der Waals surface area contributed by atoms with Gasteiger partial charge in [-0.25, -0.2) is 19.7 Å². The number of aromatic nitrogens is 4. The summed E-state index contributed by atoms with van der Waals surface area (Å²) in [6.07, 6.45) is -2.05. The van der Waals surface area contributed by atoms with Crippen molar-refractivity contribution in [2.45, 2.75) is 57.6 Å². The Balaban J connectivity index is 1.25. The number of aryl methyl sites for hydroxylation is 1. The molecule has 39 heavy (non-hydrogen) atoms. The van der Waals surface area contributed by atoms with Crippen LogP contribution in [0.1, 0.15) is 37.4 Å². The molecule has 2 aliphatic heterocycles. The molecule has 2 fully saturated rings. The van der Waals surface area contributed by atoms with Crippen LogP contribution in [0, 0.1) is 12.8 Å². The molecule has 2 aromatic heterocycles. The number of hydrogen-bond acceptors (Lipinski definition) is 10. The predicted molar refractivity (Wildman–Crippen MR) is 140 cm³/mol. The first kappa shape index (κ1) is 26.8. The molecule has 13 heteroatoms. The molecular formula is C26H33N7O6. The third kappa shape index (κ3) is 5.51. The zero-order valence-electron chi connectivity index (χ0n) is 21.9. The van der Waals surface area contributed by atoms with Gasteiger partial charge in [-0.1, -0.05) is 17.7 Å². The maximum Gasteiger partial charge on any atom is 0.415 e. The van der Waals surface area contributed by atoms with Crippen molar-refractivity contribution in [3.63, 3.8) is 0 Å². The second-order valence-corrected chi connectivity index (χ2v) is 9.99. The summed E-state index contributed by atoms with van der Waals surface area (Å²) in [7, 11) is 0. The number of hydrogen-bond donors (Lipinski definition) is 4. The van der Waals surface area contributed by atoms with Crippen LogP contribution < -0.4 is 15.8 Å². The zero-order chi connectivity index (χ0) is 27.7. The van der Waals surface area contributed by atoms with E-state index in [-0.39, 0.29) is 17.8 Å². The lowest BCUT2D eigenvalue weighted by Gasteiger charge is -2.31. The molecule has 0 saturated carbocycles. The molecule has 0 aliphatic carbocycles. The molecule has 2 aliphatic rings. The number of fused-ring (bicyclic) bond motifs is 1. The van der Waals surface area contributed by atoms with Gasteiger partial charge in [0.05, 0.1) is 6.33 Å². The average Bonchev–Trinajstić information content (AvgIpc) is 3.47. The average molecular weight is 540 g/mol. The summed E-state index contributed by atoms with van der Waals surface area (Å²) in [5.41, 5.74) is 7.94. The lowest BCUT2D eigenvalue weighted by molar-refractivity contribution is -0.137. The molecule has 0 radical (unpaired) electrons. The van der Waals surface area contributed by atoms with Gasteiger partial charge in [0.1, 0.15) is 29.3 Å². The minimum atomic E-state index is -1.42. The quantitative estimate of drug-likeness (QED) is 0.352. The highest BCUT2D eigenvalue weighted by atomic mass is 16.6. The van der Waals surface area contributed by atoms with Crippen LogP contribution in [-0.4, -0.2) is 84.6 Å². The number of rotatable bonds is 6. The minimum Gasteiger partial charge on any atom is -0.410 e. The Morgan fingerprint density at radius 3 is 2.56 bits per heavy atom. The Labute approximate surface area is 224 Å². The number of ether oxygens (including phenoxy) is 2. The number of nitrogen functional groups attached to an aromatic ring is 1. The zero-order valence-corrected chi connectivity index (χ0v) is 21.9. The van der Waals surface area contributed by atoms with Gasteiger partial charge in [0.25, 0.3) is 5.91 Å². The maximum atomic E-state index is 12.6. The van der Waals surface area contributed by atoms with Crippen LogP contribution in [0.25, 0.3) is 11.2 Å². The minimum absolute atomic E-state index is 0.182. The summed E-state index contributed by atoms with van der Waals surface area (Å²) >= 11 is 0. The van der Waals surface area contributed by atoms with Crippen LogP contribution >= 0.6 is 0 Å². The summed E-state index contributed by atoms with van der Waals surface area (Å²) in [5.74, 6) is 0.901. The molecular weight excluding hydrogens is 506 g/mol. The van der Waals surface area contributed by atoms with Gasteiger partial charge < -0.3 is 35.6 Å². The Morgan fingerprint density at radius 2 is 1.87 bits per heavy atom. The van der Waals surface area contributed by atoms with Gasteiger partial charge in [-0.05, 0) is 44.7 Å². The lowest BCUT2D eigenvalue weighted by atomic mass is 9.93. The van der Waals surface area contributed by atoms with Crippen molar-refractivity contribution >= 4 is 29.0 Å². The number of nitrogens with one attached hydrogen (secondary N) is 1. The number of likely N-dealkylation sites (N-methyl/N-ethyl adjacent to an activating group) is 1. The maximum absolute atomic E-state index is 12.6. The van der Waals surface area contributed by atoms with E-state index in [0.29, 0.717) is 48.8 Å². The molecule has 2 saturated heterocycles. The second-order valence-electron chi connectivity index (χ2n) is 9.99. The lowest BCUT2D eigenvalue weighted by Crippen LogP contribution is -2.42. The summed E-state index contributed by atoms with van der Waals surface area (Å²) < 4.78 is 12.7. The highest BCUT2D eigenvalue weighted by Crippen LogP contribution is 2.33. The van der Waals surface area contributed by atoms with Gasteiger partial charge in [0.15, 0.2) is 23.8 Å². The fraction of sp³-hybridized carbons (Fsp3) is 0.500. The van der Waals surface area contributed by atoms with Crippen LogP contribution in [0.2, 0.25) is 0 Å². The van der Waals surface area contributed by atoms with Crippen LogP contribution in [0.3, 0.4) is 0 Å². The molecule has 13 nitrogen and oxygen atoms in total. The van der Waals surface area contributed by atoms with E-state index in [0.717, 1.165) is 18.4 Å². The van der Waals surface area contributed by atoms with Crippen molar-refractivity contribution in [1.82, 2.24) is 29.7 Å². The summed E-state index contributed by atoms with van der Waals surface area (Å²) in [6.45, 7) is 5.18. The molecule has 1 aromatic carbocycles. The van der Waals surface area contributed by atoms with E-state index in [1.807, 2.05) is 19.1 Å². The molecule has 2 unspecified atom stereocenters. The number of nitrogens with two attached hydrogens (primary N) is 1. The first-order valence-electron chi connectivity index (χ1n) is 13.1. The number of likely N-dealkylation sites (tertiary alicyclic amines) is 1. The van der Waals surface area contributed by atoms with E-state index in [4.69, 9.17) is 15.2 Å². The number of imidazole rings is 1. The molecule has 4 atom stereocenters. The van der Waals surface area contributed by atoms with Gasteiger partial charge in [0.2, 0.25) is 0 Å². The Morgan fingerprint density at radius 1 is 1.15 bits per heavy atom. The van der Waals surface area contributed by atoms with E-state index in [1.165, 1.54) is 10.9 Å². The number of piperidine rings is 1. The summed E-state index contributed by atoms with van der Waals surface area (Å²) in [4.78, 5) is 39.9. The van der Waals surface area contributed by atoms with Crippen LogP contribution in [0.5, 0.6) is 5.75 Å². The predicted octanol–water partition coefficient (Wildman–Crippen LogP) is 0.926. The van der Waals surface area contributed by atoms with Gasteiger partial charge >= 0.3 is 6.09 Å². The highest BCUT2D eigenvalue weighted by Gasteiger charge is 2.47. The van der Waals surface area contributed by atoms with E-state index < -0.39 is 30.4 Å². The monoisotopic (exact) mass is 539 g/mol. The molecule has 0 spiro atoms. The van der Waals surface area contributed by atoms with Crippen LogP contribution in [0.15, 0.2) is 30.6 Å². The van der Waals surface area contributed by atoms with Gasteiger partial charge in [-0.2, -0.15) is 0 Å². The first-order valence-corrected chi connectivity index (χ1v) is 13.1. The number of anilines is 1. The van der Waals surface area contributed by atoms with Crippen LogP contribution in [-0.2, 0) is 16.0 Å². The molecule has 4 heterocycles. The SMILES string of the molecule is CCNC(=O)[C@H]1O[C@@H](n2cnc3c(N)nc(CC4CCN(C(=O)Oc5ccc(C)cc5)CC4)nc32)C(O)C1O. The van der Waals surface area contributed by atoms with Crippen molar-refractivity contribution in [3.8, 4) is 5.75 Å². The molecule has 0 bridgehead atoms. The van der Waals surface area contributed by atoms with Crippen molar-refractivity contribution in [2.75, 3.05) is 25.4 Å². The topological polar surface area (TPSA) is 178 Å². The standard InChI is InChI=1S/C26H33N7O6/c1-3-28-24(36)21-19(34)20(35)25(39-21)33-13-29-18-22(27)30-17(31-23(18)33)12-15-8-10-32(11-9-15)26(37)38-16-6-4-14(2)5-7-16/h4-7,13,15,19-21,25,34-35H,3,8-12H2,1-2H3,(H,28,36)(H2,27,30,31)/t19?,20?,21-,25+/m0/s1. The van der Waals surface area contributed by atoms with Crippen LogP contribution in [0.4, 0.5) is 10.6 Å². The third-order valence-electron chi connectivity index (χ3n) is 7.19. The van der Waals surface area contributed by atoms with E-state index in [1.54, 1.807) is 24.0 Å². The first-order chi connectivity index (χ1) is 18.7. The van der Waals surface area contributed by atoms with Gasteiger partial charge in [-0.3, -0.25) is 9.36 Å². The smallest absolute Gasteiger partial charge is 0.410 e. The molecule has 3 aromatic rings. The second kappa shape index (κ2) is 11.1. The molecule has 2 amide bonds. The van der Waals surface area contributed by atoms with Crippen molar-refractivity contribution in [3.05, 3.63) is 42.0 Å². The summed E-state index contributed by atoms with van der Waals surface area (Å²) in [6, 6.07) is 7.34. The number of aliphatic hydroxyl groups excluding tert-OH is 2. The Kier molecular flexibility index (Phi) is 7.64. The number of carbonyl (C=O) groups excluding carboxylic acids is 2. The number of nitrogens with zero attached hydrogens (tertiary/aromatic N) is 5. The Bertz CT molecular complexity index is 1340. The number of amides is 2. The van der Waals surface area contributed by atoms with E-state index >= 15 is 0 Å². The normalized spacial score (nSPS) is 23.7. The van der Waals surface area contributed by atoms with Crippen molar-refractivity contribution < 1.29 is 29.3 Å². The van der Waals surface area contributed by atoms with Gasteiger partial charge in [-0.15, -0.1) is 0 Å². The number of benzene rings is 1. The third-order valence-corrected chi connectivity index (χ3v) is 7.19. The molecule has 5 N–H and O–H groups in total. The van der Waals surface area contributed by atoms with E-state index in [9.17, 15) is 19.8 Å².